The summed E-state index contributed by atoms with van der Waals surface area (Å²) in [4.78, 5) is 32.7. The fraction of sp³-hybridized carbons (Fsp3) is 0.400. The zero-order chi connectivity index (χ0) is 15.5. The van der Waals surface area contributed by atoms with E-state index in [9.17, 15) is 9.59 Å². The molecule has 1 fully saturated rings. The van der Waals surface area contributed by atoms with E-state index in [0.717, 1.165) is 19.4 Å². The molecule has 116 valence electrons. The molecule has 7 heteroatoms. The Morgan fingerprint density at radius 2 is 2.41 bits per heavy atom. The van der Waals surface area contributed by atoms with Crippen LogP contribution in [0, 0.1) is 6.92 Å². The van der Waals surface area contributed by atoms with E-state index < -0.39 is 0 Å². The smallest absolute Gasteiger partial charge is 0.290 e. The second-order valence-corrected chi connectivity index (χ2v) is 5.39. The number of aromatic amines is 1. The summed E-state index contributed by atoms with van der Waals surface area (Å²) in [6, 6.07) is 1.64. The van der Waals surface area contributed by atoms with Gasteiger partial charge in [0.1, 0.15) is 5.76 Å². The molecule has 1 aliphatic rings. The molecule has 1 atom stereocenters. The van der Waals surface area contributed by atoms with Gasteiger partial charge in [-0.05, 0) is 25.8 Å². The number of H-pyrrole nitrogens is 1. The minimum atomic E-state index is -0.208. The van der Waals surface area contributed by atoms with Crippen LogP contribution in [0.4, 0.5) is 5.82 Å². The molecule has 0 unspecified atom stereocenters. The summed E-state index contributed by atoms with van der Waals surface area (Å²) in [5, 5.41) is 3.00. The van der Waals surface area contributed by atoms with Gasteiger partial charge in [-0.25, -0.2) is 4.98 Å². The fourth-order valence-electron chi connectivity index (χ4n) is 2.74. The molecular weight excluding hydrogens is 284 g/mol. The Morgan fingerprint density at radius 3 is 3.14 bits per heavy atom. The first-order valence-corrected chi connectivity index (χ1v) is 7.29. The van der Waals surface area contributed by atoms with Gasteiger partial charge in [0.05, 0.1) is 11.8 Å². The molecular formula is C15H18N4O3. The summed E-state index contributed by atoms with van der Waals surface area (Å²) < 4.78 is 5.15. The van der Waals surface area contributed by atoms with Crippen LogP contribution >= 0.6 is 0 Å². The molecule has 0 saturated carbocycles. The summed E-state index contributed by atoms with van der Waals surface area (Å²) in [5.41, 5.74) is 0.341. The number of rotatable bonds is 3. The second kappa shape index (κ2) is 6.05. The highest BCUT2D eigenvalue weighted by molar-refractivity contribution is 5.95. The van der Waals surface area contributed by atoms with Crippen molar-refractivity contribution >= 4 is 11.7 Å². The van der Waals surface area contributed by atoms with Gasteiger partial charge in [0.25, 0.3) is 11.5 Å². The van der Waals surface area contributed by atoms with Crippen molar-refractivity contribution < 1.29 is 9.21 Å². The van der Waals surface area contributed by atoms with Crippen LogP contribution in [-0.4, -0.2) is 35.0 Å². The third kappa shape index (κ3) is 2.88. The molecule has 2 N–H and O–H groups in total. The summed E-state index contributed by atoms with van der Waals surface area (Å²) in [6.07, 6.45) is 6.35. The van der Waals surface area contributed by atoms with Gasteiger partial charge in [-0.2, -0.15) is 0 Å². The molecule has 0 aliphatic carbocycles. The first-order chi connectivity index (χ1) is 10.6. The number of aryl methyl sites for hydroxylation is 1. The van der Waals surface area contributed by atoms with Crippen molar-refractivity contribution in [1.82, 2.24) is 15.3 Å². The number of hydrogen-bond donors (Lipinski definition) is 2. The third-order valence-electron chi connectivity index (χ3n) is 3.85. The Balaban J connectivity index is 1.69. The Labute approximate surface area is 127 Å². The molecule has 3 rings (SSSR count). The van der Waals surface area contributed by atoms with E-state index >= 15 is 0 Å². The van der Waals surface area contributed by atoms with Crippen LogP contribution in [-0.2, 0) is 0 Å². The largest absolute Gasteiger partial charge is 0.469 e. The quantitative estimate of drug-likeness (QED) is 0.885. The lowest BCUT2D eigenvalue weighted by atomic mass is 10.1. The van der Waals surface area contributed by atoms with Gasteiger partial charge < -0.3 is 19.6 Å². The minimum absolute atomic E-state index is 0.0167. The number of nitrogens with one attached hydrogen (secondary N) is 2. The Kier molecular flexibility index (Phi) is 3.95. The van der Waals surface area contributed by atoms with E-state index in [1.165, 1.54) is 12.5 Å². The number of nitrogens with zero attached hydrogens (tertiary/aromatic N) is 2. The van der Waals surface area contributed by atoms with Gasteiger partial charge in [0.15, 0.2) is 5.82 Å². The Bertz CT molecular complexity index is 721. The lowest BCUT2D eigenvalue weighted by molar-refractivity contribution is 0.0931. The molecule has 0 spiro atoms. The number of carbonyl (C=O) groups excluding carboxylic acids is 1. The summed E-state index contributed by atoms with van der Waals surface area (Å²) in [6.45, 7) is 3.09. The topological polar surface area (TPSA) is 91.2 Å². The van der Waals surface area contributed by atoms with Crippen molar-refractivity contribution in [2.45, 2.75) is 25.8 Å². The summed E-state index contributed by atoms with van der Waals surface area (Å²) >= 11 is 0. The molecule has 2 aromatic heterocycles. The lowest BCUT2D eigenvalue weighted by Crippen LogP contribution is -2.49. The maximum Gasteiger partial charge on any atom is 0.290 e. The van der Waals surface area contributed by atoms with Crippen LogP contribution in [0.2, 0.25) is 0 Å². The molecule has 3 heterocycles. The summed E-state index contributed by atoms with van der Waals surface area (Å²) in [5.74, 6) is 0.861. The number of amides is 1. The number of carbonyl (C=O) groups is 1. The average molecular weight is 302 g/mol. The van der Waals surface area contributed by atoms with Gasteiger partial charge in [-0.15, -0.1) is 0 Å². The molecule has 7 nitrogen and oxygen atoms in total. The number of hydrogen-bond acceptors (Lipinski definition) is 5. The average Bonchev–Trinajstić information content (AvgIpc) is 2.94. The minimum Gasteiger partial charge on any atom is -0.469 e. The third-order valence-corrected chi connectivity index (χ3v) is 3.85. The van der Waals surface area contributed by atoms with E-state index in [1.54, 1.807) is 19.2 Å². The zero-order valence-corrected chi connectivity index (χ0v) is 12.3. The molecule has 0 radical (unpaired) electrons. The van der Waals surface area contributed by atoms with E-state index in [2.05, 4.69) is 15.3 Å². The van der Waals surface area contributed by atoms with Crippen molar-refractivity contribution in [2.75, 3.05) is 18.0 Å². The molecule has 1 amide bonds. The van der Waals surface area contributed by atoms with Crippen LogP contribution in [0.1, 0.15) is 29.0 Å². The van der Waals surface area contributed by atoms with Crippen molar-refractivity contribution in [3.05, 3.63) is 46.4 Å². The molecule has 1 aliphatic heterocycles. The van der Waals surface area contributed by atoms with Crippen molar-refractivity contribution in [1.29, 1.82) is 0 Å². The summed E-state index contributed by atoms with van der Waals surface area (Å²) in [7, 11) is 0. The molecule has 0 bridgehead atoms. The van der Waals surface area contributed by atoms with Gasteiger partial charge in [-0.1, -0.05) is 0 Å². The van der Waals surface area contributed by atoms with Crippen molar-refractivity contribution in [3.63, 3.8) is 0 Å². The lowest BCUT2D eigenvalue weighted by Gasteiger charge is -2.33. The number of aromatic nitrogens is 2. The van der Waals surface area contributed by atoms with Crippen molar-refractivity contribution in [2.24, 2.45) is 0 Å². The molecule has 22 heavy (non-hydrogen) atoms. The fourth-order valence-corrected chi connectivity index (χ4v) is 2.74. The van der Waals surface area contributed by atoms with E-state index in [4.69, 9.17) is 4.42 Å². The zero-order valence-electron chi connectivity index (χ0n) is 12.3. The first-order valence-electron chi connectivity index (χ1n) is 7.29. The number of anilines is 1. The predicted octanol–water partition coefficient (Wildman–Crippen LogP) is 1.07. The van der Waals surface area contributed by atoms with Gasteiger partial charge in [0, 0.05) is 31.5 Å². The monoisotopic (exact) mass is 302 g/mol. The Hall–Kier alpha value is -2.57. The van der Waals surface area contributed by atoms with E-state index in [0.29, 0.717) is 23.7 Å². The molecule has 2 aromatic rings. The van der Waals surface area contributed by atoms with Gasteiger partial charge in [-0.3, -0.25) is 9.59 Å². The highest BCUT2D eigenvalue weighted by atomic mass is 16.3. The van der Waals surface area contributed by atoms with Crippen LogP contribution < -0.4 is 15.8 Å². The van der Waals surface area contributed by atoms with Crippen molar-refractivity contribution in [3.8, 4) is 0 Å². The highest BCUT2D eigenvalue weighted by Gasteiger charge is 2.24. The predicted molar refractivity (Wildman–Crippen MR) is 81.0 cm³/mol. The number of furan rings is 1. The SMILES string of the molecule is Cc1occc1C(=O)N[C@H]1CCCN(c2ncc[nH]c2=O)C1. The highest BCUT2D eigenvalue weighted by Crippen LogP contribution is 2.15. The van der Waals surface area contributed by atoms with Crippen LogP contribution in [0.15, 0.2) is 33.9 Å². The maximum atomic E-state index is 12.2. The van der Waals surface area contributed by atoms with E-state index in [-0.39, 0.29) is 17.5 Å². The second-order valence-electron chi connectivity index (χ2n) is 5.39. The first kappa shape index (κ1) is 14.4. The van der Waals surface area contributed by atoms with Crippen LogP contribution in [0.25, 0.3) is 0 Å². The Morgan fingerprint density at radius 1 is 1.55 bits per heavy atom. The normalized spacial score (nSPS) is 18.2. The van der Waals surface area contributed by atoms with Gasteiger partial charge >= 0.3 is 0 Å². The standard InChI is InChI=1S/C15H18N4O3/c1-10-12(4-8-22-10)14(20)18-11-3-2-7-19(9-11)13-15(21)17-6-5-16-13/h4-6,8,11H,2-3,7,9H2,1H3,(H,17,21)(H,18,20)/t11-/m0/s1. The number of piperidine rings is 1. The van der Waals surface area contributed by atoms with Crippen LogP contribution in [0.3, 0.4) is 0 Å². The maximum absolute atomic E-state index is 12.2. The van der Waals surface area contributed by atoms with E-state index in [1.807, 2.05) is 4.90 Å². The molecule has 0 aromatic carbocycles. The molecule has 1 saturated heterocycles. The van der Waals surface area contributed by atoms with Gasteiger partial charge in [0.2, 0.25) is 0 Å². The van der Waals surface area contributed by atoms with Crippen LogP contribution in [0.5, 0.6) is 0 Å².